The van der Waals surface area contributed by atoms with Gasteiger partial charge in [0.15, 0.2) is 0 Å². The van der Waals surface area contributed by atoms with Crippen LogP contribution in [0.4, 0.5) is 4.79 Å². The van der Waals surface area contributed by atoms with E-state index in [0.717, 1.165) is 38.0 Å². The van der Waals surface area contributed by atoms with Crippen LogP contribution in [0, 0.1) is 5.92 Å². The van der Waals surface area contributed by atoms with Crippen molar-refractivity contribution in [3.63, 3.8) is 0 Å². The first-order chi connectivity index (χ1) is 13.0. The molecule has 1 aromatic carbocycles. The number of nitrogens with one attached hydrogen (secondary N) is 1. The molecule has 0 radical (unpaired) electrons. The lowest BCUT2D eigenvalue weighted by Crippen LogP contribution is -2.48. The van der Waals surface area contributed by atoms with Crippen molar-refractivity contribution < 1.29 is 14.7 Å². The summed E-state index contributed by atoms with van der Waals surface area (Å²) in [4.78, 5) is 28.2. The first kappa shape index (κ1) is 21.2. The average Bonchev–Trinajstić information content (AvgIpc) is 2.69. The lowest BCUT2D eigenvalue weighted by molar-refractivity contribution is -0.142. The van der Waals surface area contributed by atoms with Gasteiger partial charge < -0.3 is 20.2 Å². The Bertz CT molecular complexity index is 582. The van der Waals surface area contributed by atoms with Crippen molar-refractivity contribution in [2.75, 3.05) is 26.2 Å². The van der Waals surface area contributed by atoms with Crippen LogP contribution in [0.5, 0.6) is 0 Å². The van der Waals surface area contributed by atoms with Crippen molar-refractivity contribution in [3.8, 4) is 0 Å². The van der Waals surface area contributed by atoms with Crippen molar-refractivity contribution in [1.82, 2.24) is 15.1 Å². The molecule has 6 heteroatoms. The molecule has 27 heavy (non-hydrogen) atoms. The highest BCUT2D eigenvalue weighted by atomic mass is 16.4. The number of amides is 2. The molecule has 0 aliphatic heterocycles. The second kappa shape index (κ2) is 10.9. The van der Waals surface area contributed by atoms with Crippen molar-refractivity contribution in [2.45, 2.75) is 52.1 Å². The number of carboxylic acid groups (broad SMARTS) is 1. The van der Waals surface area contributed by atoms with Gasteiger partial charge in [-0.2, -0.15) is 0 Å². The molecule has 150 valence electrons. The highest BCUT2D eigenvalue weighted by molar-refractivity contribution is 5.74. The summed E-state index contributed by atoms with van der Waals surface area (Å²) in [6.45, 7) is 8.30. The van der Waals surface area contributed by atoms with E-state index < -0.39 is 5.97 Å². The zero-order chi connectivity index (χ0) is 19.6. The Hall–Kier alpha value is -2.08. The standard InChI is InChI=1S/C21H33N3O3/c1-3-23(4-2)14-15-24(16-17-8-6-5-7-9-17)21(27)22-19-12-10-18(11-13-19)20(25)26/h5-9,18-19H,3-4,10-16H2,1-2H3,(H,22,27)(H,25,26). The molecule has 2 rings (SSSR count). The van der Waals surface area contributed by atoms with Gasteiger partial charge in [0.25, 0.3) is 0 Å². The number of rotatable bonds is 9. The fourth-order valence-electron chi connectivity index (χ4n) is 3.61. The maximum atomic E-state index is 12.9. The number of urea groups is 1. The van der Waals surface area contributed by atoms with Crippen molar-refractivity contribution in [3.05, 3.63) is 35.9 Å². The molecule has 1 aliphatic carbocycles. The molecule has 0 saturated heterocycles. The van der Waals surface area contributed by atoms with Crippen molar-refractivity contribution in [2.24, 2.45) is 5.92 Å². The summed E-state index contributed by atoms with van der Waals surface area (Å²) in [5.41, 5.74) is 1.11. The van der Waals surface area contributed by atoms with E-state index >= 15 is 0 Å². The van der Waals surface area contributed by atoms with E-state index in [0.29, 0.717) is 25.9 Å². The third-order valence-electron chi connectivity index (χ3n) is 5.49. The van der Waals surface area contributed by atoms with Gasteiger partial charge in [-0.15, -0.1) is 0 Å². The van der Waals surface area contributed by atoms with Gasteiger partial charge in [0.05, 0.1) is 5.92 Å². The molecule has 2 N–H and O–H groups in total. The van der Waals surface area contributed by atoms with Gasteiger partial charge >= 0.3 is 12.0 Å². The molecular formula is C21H33N3O3. The van der Waals surface area contributed by atoms with E-state index in [1.54, 1.807) is 0 Å². The Morgan fingerprint density at radius 3 is 2.22 bits per heavy atom. The highest BCUT2D eigenvalue weighted by Crippen LogP contribution is 2.24. The average molecular weight is 376 g/mol. The zero-order valence-corrected chi connectivity index (χ0v) is 16.6. The summed E-state index contributed by atoms with van der Waals surface area (Å²) < 4.78 is 0. The summed E-state index contributed by atoms with van der Waals surface area (Å²) in [6, 6.07) is 10.0. The molecule has 0 unspecified atom stereocenters. The van der Waals surface area contributed by atoms with Gasteiger partial charge in [-0.25, -0.2) is 4.79 Å². The van der Waals surface area contributed by atoms with Crippen LogP contribution in [0.1, 0.15) is 45.1 Å². The number of hydrogen-bond donors (Lipinski definition) is 2. The maximum absolute atomic E-state index is 12.9. The maximum Gasteiger partial charge on any atom is 0.317 e. The van der Waals surface area contributed by atoms with Crippen LogP contribution >= 0.6 is 0 Å². The Balaban J connectivity index is 1.94. The molecule has 0 atom stereocenters. The van der Waals surface area contributed by atoms with E-state index in [-0.39, 0.29) is 18.0 Å². The lowest BCUT2D eigenvalue weighted by atomic mass is 9.86. The number of likely N-dealkylation sites (N-methyl/N-ethyl adjacent to an activating group) is 1. The van der Waals surface area contributed by atoms with Crippen LogP contribution in [0.25, 0.3) is 0 Å². The number of carbonyl (C=O) groups is 2. The zero-order valence-electron chi connectivity index (χ0n) is 16.6. The van der Waals surface area contributed by atoms with Crippen LogP contribution < -0.4 is 5.32 Å². The molecule has 1 saturated carbocycles. The third kappa shape index (κ3) is 6.86. The minimum absolute atomic E-state index is 0.0511. The van der Waals surface area contributed by atoms with E-state index in [4.69, 9.17) is 5.11 Å². The second-order valence-corrected chi connectivity index (χ2v) is 7.27. The molecule has 1 aromatic rings. The topological polar surface area (TPSA) is 72.9 Å². The van der Waals surface area contributed by atoms with Gasteiger partial charge in [-0.05, 0) is 44.3 Å². The molecule has 0 aromatic heterocycles. The highest BCUT2D eigenvalue weighted by Gasteiger charge is 2.27. The minimum atomic E-state index is -0.718. The van der Waals surface area contributed by atoms with Crippen LogP contribution in [-0.4, -0.2) is 59.1 Å². The number of aliphatic carboxylic acids is 1. The largest absolute Gasteiger partial charge is 0.481 e. The van der Waals surface area contributed by atoms with Gasteiger partial charge in [-0.1, -0.05) is 44.2 Å². The molecule has 0 spiro atoms. The molecule has 0 heterocycles. The normalized spacial score (nSPS) is 19.7. The molecule has 2 amide bonds. The number of carboxylic acids is 1. The SMILES string of the molecule is CCN(CC)CCN(Cc1ccccc1)C(=O)NC1CCC(C(=O)O)CC1. The number of benzene rings is 1. The molecular weight excluding hydrogens is 342 g/mol. The Morgan fingerprint density at radius 2 is 1.67 bits per heavy atom. The lowest BCUT2D eigenvalue weighted by Gasteiger charge is -2.31. The number of carbonyl (C=O) groups excluding carboxylic acids is 1. The van der Waals surface area contributed by atoms with Crippen LogP contribution in [-0.2, 0) is 11.3 Å². The fourth-order valence-corrected chi connectivity index (χ4v) is 3.61. The van der Waals surface area contributed by atoms with Gasteiger partial charge in [-0.3, -0.25) is 4.79 Å². The first-order valence-corrected chi connectivity index (χ1v) is 10.1. The second-order valence-electron chi connectivity index (χ2n) is 7.27. The summed E-state index contributed by atoms with van der Waals surface area (Å²) in [5, 5.41) is 12.3. The molecule has 1 aliphatic rings. The van der Waals surface area contributed by atoms with Crippen molar-refractivity contribution >= 4 is 12.0 Å². The van der Waals surface area contributed by atoms with Gasteiger partial charge in [0.2, 0.25) is 0 Å². The van der Waals surface area contributed by atoms with E-state index in [9.17, 15) is 9.59 Å². The predicted octanol–water partition coefficient (Wildman–Crippen LogP) is 3.18. The van der Waals surface area contributed by atoms with Crippen LogP contribution in [0.2, 0.25) is 0 Å². The third-order valence-corrected chi connectivity index (χ3v) is 5.49. The Kier molecular flexibility index (Phi) is 8.58. The van der Waals surface area contributed by atoms with E-state index in [1.165, 1.54) is 0 Å². The molecule has 6 nitrogen and oxygen atoms in total. The first-order valence-electron chi connectivity index (χ1n) is 10.1. The van der Waals surface area contributed by atoms with E-state index in [2.05, 4.69) is 24.1 Å². The Labute approximate surface area is 162 Å². The minimum Gasteiger partial charge on any atom is -0.481 e. The Morgan fingerprint density at radius 1 is 1.04 bits per heavy atom. The van der Waals surface area contributed by atoms with Crippen LogP contribution in [0.3, 0.4) is 0 Å². The predicted molar refractivity (Wildman–Crippen MR) is 107 cm³/mol. The summed E-state index contributed by atoms with van der Waals surface area (Å²) in [5.74, 6) is -0.981. The molecule has 1 fully saturated rings. The summed E-state index contributed by atoms with van der Waals surface area (Å²) in [7, 11) is 0. The monoisotopic (exact) mass is 375 g/mol. The molecule has 0 bridgehead atoms. The van der Waals surface area contributed by atoms with Crippen molar-refractivity contribution in [1.29, 1.82) is 0 Å². The van der Waals surface area contributed by atoms with Crippen LogP contribution in [0.15, 0.2) is 30.3 Å². The van der Waals surface area contributed by atoms with E-state index in [1.807, 2.05) is 35.2 Å². The number of hydrogen-bond acceptors (Lipinski definition) is 3. The number of nitrogens with zero attached hydrogens (tertiary/aromatic N) is 2. The van der Waals surface area contributed by atoms with Gasteiger partial charge in [0.1, 0.15) is 0 Å². The quantitative estimate of drug-likeness (QED) is 0.695. The van der Waals surface area contributed by atoms with Gasteiger partial charge in [0, 0.05) is 25.7 Å². The smallest absolute Gasteiger partial charge is 0.317 e. The summed E-state index contributed by atoms with van der Waals surface area (Å²) >= 11 is 0. The summed E-state index contributed by atoms with van der Waals surface area (Å²) in [6.07, 6.45) is 2.74. The fraction of sp³-hybridized carbons (Fsp3) is 0.619.